The Morgan fingerprint density at radius 2 is 1.63 bits per heavy atom. The lowest BCUT2D eigenvalue weighted by Gasteiger charge is -2.53. The second kappa shape index (κ2) is 12.5. The van der Waals surface area contributed by atoms with Crippen molar-refractivity contribution < 1.29 is 22.7 Å². The lowest BCUT2D eigenvalue weighted by molar-refractivity contribution is -0.146. The van der Waals surface area contributed by atoms with E-state index >= 15 is 0 Å². The first-order valence-electron chi connectivity index (χ1n) is 15.7. The number of tetrazole rings is 1. The Morgan fingerprint density at radius 1 is 0.935 bits per heavy atom. The van der Waals surface area contributed by atoms with E-state index in [1.807, 2.05) is 17.0 Å². The summed E-state index contributed by atoms with van der Waals surface area (Å²) < 4.78 is 47.4. The number of fused-ring (bicyclic) bond motifs is 1. The number of hydrogen-bond acceptors (Lipinski definition) is 7. The molecule has 0 spiro atoms. The van der Waals surface area contributed by atoms with Crippen molar-refractivity contribution >= 4 is 5.91 Å². The third-order valence-electron chi connectivity index (χ3n) is 9.43. The molecule has 0 unspecified atom stereocenters. The molecule has 1 saturated carbocycles. The van der Waals surface area contributed by atoms with Gasteiger partial charge >= 0.3 is 6.18 Å². The van der Waals surface area contributed by atoms with Crippen LogP contribution in [-0.4, -0.2) is 92.7 Å². The van der Waals surface area contributed by atoms with E-state index in [0.717, 1.165) is 24.9 Å². The molecule has 4 aromatic rings. The number of methoxy groups -OCH3 is 1. The number of carbonyl (C=O) groups excluding carboxylic acids is 1. The van der Waals surface area contributed by atoms with Gasteiger partial charge in [-0.15, -0.1) is 5.10 Å². The zero-order valence-corrected chi connectivity index (χ0v) is 25.6. The van der Waals surface area contributed by atoms with E-state index in [0.29, 0.717) is 43.2 Å². The molecule has 3 fully saturated rings. The van der Waals surface area contributed by atoms with Gasteiger partial charge in [0.15, 0.2) is 0 Å². The molecule has 7 rings (SSSR count). The Hall–Kier alpha value is -4.29. The molecule has 46 heavy (non-hydrogen) atoms. The molecule has 3 aliphatic rings. The molecule has 2 saturated heterocycles. The largest absolute Gasteiger partial charge is 0.496 e. The molecular weight excluding hydrogens is 595 g/mol. The topological polar surface area (TPSA) is 79.6 Å². The number of ether oxygens (including phenoxy) is 1. The van der Waals surface area contributed by atoms with E-state index in [2.05, 4.69) is 73.9 Å². The quantitative estimate of drug-likeness (QED) is 0.281. The predicted octanol–water partition coefficient (Wildman–Crippen LogP) is 4.63. The van der Waals surface area contributed by atoms with Crippen LogP contribution < -0.4 is 4.74 Å². The fourth-order valence-electron chi connectivity index (χ4n) is 7.18. The molecule has 240 valence electrons. The maximum atomic E-state index is 13.7. The second-order valence-electron chi connectivity index (χ2n) is 12.4. The van der Waals surface area contributed by atoms with Crippen molar-refractivity contribution in [3.8, 4) is 11.4 Å². The zero-order chi connectivity index (χ0) is 31.8. The molecule has 0 radical (unpaired) electrons. The first-order chi connectivity index (χ1) is 22.3. The highest BCUT2D eigenvalue weighted by Crippen LogP contribution is 2.38. The van der Waals surface area contributed by atoms with Gasteiger partial charge in [-0.1, -0.05) is 60.7 Å². The van der Waals surface area contributed by atoms with Crippen LogP contribution in [0.25, 0.3) is 5.69 Å². The summed E-state index contributed by atoms with van der Waals surface area (Å²) in [5.74, 6) is -0.132. The zero-order valence-electron chi connectivity index (χ0n) is 25.6. The normalized spacial score (nSPS) is 20.9. The molecule has 1 amide bonds. The molecule has 2 aliphatic heterocycles. The van der Waals surface area contributed by atoms with Gasteiger partial charge in [0.05, 0.1) is 12.8 Å². The van der Waals surface area contributed by atoms with Crippen LogP contribution >= 0.6 is 0 Å². The number of nitrogens with zero attached hydrogens (tertiary/aromatic N) is 7. The SMILES string of the molecule is COc1ccc(-n2nnnc2C(F)(F)F)cc1CN1C[C@@H]2CN(C(=O)C3CC3)CCN2[C@H](C(c2ccccc2)c2ccccc2)C1. The van der Waals surface area contributed by atoms with Gasteiger partial charge in [0.1, 0.15) is 5.75 Å². The molecule has 1 aliphatic carbocycles. The van der Waals surface area contributed by atoms with Crippen LogP contribution in [0.3, 0.4) is 0 Å². The third kappa shape index (κ3) is 6.11. The Balaban J connectivity index is 1.24. The summed E-state index contributed by atoms with van der Waals surface area (Å²) in [5.41, 5.74) is 3.37. The number of alkyl halides is 3. The van der Waals surface area contributed by atoms with E-state index in [-0.39, 0.29) is 35.5 Å². The fourth-order valence-corrected chi connectivity index (χ4v) is 7.18. The fraction of sp³-hybridized carbons (Fsp3) is 0.412. The maximum absolute atomic E-state index is 13.7. The van der Waals surface area contributed by atoms with E-state index in [1.54, 1.807) is 19.2 Å². The van der Waals surface area contributed by atoms with E-state index < -0.39 is 12.0 Å². The molecule has 0 N–H and O–H groups in total. The lowest BCUT2D eigenvalue weighted by atomic mass is 9.81. The Morgan fingerprint density at radius 3 is 2.26 bits per heavy atom. The molecule has 3 heterocycles. The monoisotopic (exact) mass is 631 g/mol. The van der Waals surface area contributed by atoms with Gasteiger partial charge in [-0.05, 0) is 52.6 Å². The van der Waals surface area contributed by atoms with Gasteiger partial charge in [-0.25, -0.2) is 0 Å². The van der Waals surface area contributed by atoms with Gasteiger partial charge in [0.25, 0.3) is 5.82 Å². The number of aromatic nitrogens is 4. The minimum absolute atomic E-state index is 0.0715. The summed E-state index contributed by atoms with van der Waals surface area (Å²) in [6.45, 7) is 4.00. The maximum Gasteiger partial charge on any atom is 0.453 e. The molecule has 3 aromatic carbocycles. The van der Waals surface area contributed by atoms with Crippen molar-refractivity contribution in [3.05, 3.63) is 101 Å². The number of hydrogen-bond donors (Lipinski definition) is 0. The van der Waals surface area contributed by atoms with E-state index in [9.17, 15) is 18.0 Å². The third-order valence-corrected chi connectivity index (χ3v) is 9.43. The molecule has 1 aromatic heterocycles. The molecular formula is C34H36F3N7O2. The predicted molar refractivity (Wildman–Crippen MR) is 164 cm³/mol. The summed E-state index contributed by atoms with van der Waals surface area (Å²) in [5, 5.41) is 10.1. The van der Waals surface area contributed by atoms with Crippen molar-refractivity contribution in [2.24, 2.45) is 5.92 Å². The van der Waals surface area contributed by atoms with Gasteiger partial charge in [0, 0.05) is 68.8 Å². The Bertz CT molecular complexity index is 1620. The first kappa shape index (κ1) is 30.4. The van der Waals surface area contributed by atoms with Gasteiger partial charge in [-0.3, -0.25) is 14.6 Å². The highest BCUT2D eigenvalue weighted by atomic mass is 19.4. The smallest absolute Gasteiger partial charge is 0.453 e. The number of benzene rings is 3. The minimum atomic E-state index is -4.71. The van der Waals surface area contributed by atoms with Crippen molar-refractivity contribution in [1.29, 1.82) is 0 Å². The van der Waals surface area contributed by atoms with E-state index in [1.165, 1.54) is 17.2 Å². The standard InChI is InChI=1S/C34H36F3N7O2/c1-46-30-15-14-27(44-33(34(35,36)37)38-39-40-44)18-26(30)19-41-20-28-21-42(32(45)25-12-13-25)16-17-43(28)29(22-41)31(23-8-4-2-5-9-23)24-10-6-3-7-11-24/h2-11,14-15,18,25,28-29,31H,12-13,16-17,19-22H2,1H3/t28-,29+/m1/s1. The van der Waals surface area contributed by atoms with Gasteiger partial charge in [-0.2, -0.15) is 17.9 Å². The average molecular weight is 632 g/mol. The van der Waals surface area contributed by atoms with Gasteiger partial charge in [0.2, 0.25) is 5.91 Å². The van der Waals surface area contributed by atoms with Crippen LogP contribution in [0, 0.1) is 5.92 Å². The van der Waals surface area contributed by atoms with Crippen molar-refractivity contribution in [3.63, 3.8) is 0 Å². The van der Waals surface area contributed by atoms with Gasteiger partial charge < -0.3 is 9.64 Å². The van der Waals surface area contributed by atoms with Crippen molar-refractivity contribution in [2.45, 2.75) is 43.6 Å². The highest BCUT2D eigenvalue weighted by Gasteiger charge is 2.45. The lowest BCUT2D eigenvalue weighted by Crippen LogP contribution is -2.67. The summed E-state index contributed by atoms with van der Waals surface area (Å²) in [4.78, 5) is 20.1. The Labute approximate surface area is 265 Å². The number of halogens is 3. The summed E-state index contributed by atoms with van der Waals surface area (Å²) in [6, 6.07) is 26.1. The van der Waals surface area contributed by atoms with Crippen LogP contribution in [-0.2, 0) is 17.5 Å². The number of amides is 1. The van der Waals surface area contributed by atoms with Crippen LogP contribution in [0.1, 0.15) is 41.3 Å². The molecule has 12 heteroatoms. The summed E-state index contributed by atoms with van der Waals surface area (Å²) in [7, 11) is 1.56. The Kier molecular flexibility index (Phi) is 8.24. The molecule has 2 atom stereocenters. The van der Waals surface area contributed by atoms with Crippen molar-refractivity contribution in [1.82, 2.24) is 34.9 Å². The van der Waals surface area contributed by atoms with Crippen LogP contribution in [0.5, 0.6) is 5.75 Å². The van der Waals surface area contributed by atoms with Crippen LogP contribution in [0.2, 0.25) is 0 Å². The van der Waals surface area contributed by atoms with Crippen LogP contribution in [0.15, 0.2) is 78.9 Å². The van der Waals surface area contributed by atoms with E-state index in [4.69, 9.17) is 4.74 Å². The number of rotatable bonds is 8. The minimum Gasteiger partial charge on any atom is -0.496 e. The summed E-state index contributed by atoms with van der Waals surface area (Å²) in [6.07, 6.45) is -2.77. The highest BCUT2D eigenvalue weighted by molar-refractivity contribution is 5.81. The molecule has 0 bridgehead atoms. The van der Waals surface area contributed by atoms with Crippen LogP contribution in [0.4, 0.5) is 13.2 Å². The number of piperazine rings is 2. The number of carbonyl (C=O) groups is 1. The first-order valence-corrected chi connectivity index (χ1v) is 15.7. The molecule has 9 nitrogen and oxygen atoms in total. The van der Waals surface area contributed by atoms with Crippen molar-refractivity contribution in [2.75, 3.05) is 39.8 Å². The second-order valence-corrected chi connectivity index (χ2v) is 12.4. The average Bonchev–Trinajstić information content (AvgIpc) is 3.79. The summed E-state index contributed by atoms with van der Waals surface area (Å²) >= 11 is 0.